The molecule has 10 nitrogen and oxygen atoms in total. The number of rotatable bonds is 6. The summed E-state index contributed by atoms with van der Waals surface area (Å²) in [7, 11) is -4.72. The zero-order valence-electron chi connectivity index (χ0n) is 22.7. The number of carboxylic acid groups (broad SMARTS) is 1. The molecule has 3 atom stereocenters. The molecule has 2 aromatic carbocycles. The molecule has 0 spiro atoms. The quantitative estimate of drug-likeness (QED) is 0.349. The minimum absolute atomic E-state index is 0.283. The van der Waals surface area contributed by atoms with E-state index in [-0.39, 0.29) is 43.2 Å². The summed E-state index contributed by atoms with van der Waals surface area (Å²) in [5.74, 6) is -1.64. The number of anilines is 1. The molecule has 0 aromatic heterocycles. The minimum atomic E-state index is -6.19. The summed E-state index contributed by atoms with van der Waals surface area (Å²) in [5, 5.41) is 32.1. The molecule has 2 aliphatic rings. The summed E-state index contributed by atoms with van der Waals surface area (Å²) in [6.07, 6.45) is -14.9. The predicted molar refractivity (Wildman–Crippen MR) is 137 cm³/mol. The van der Waals surface area contributed by atoms with E-state index in [1.807, 2.05) is 0 Å². The summed E-state index contributed by atoms with van der Waals surface area (Å²) in [6, 6.07) is 2.37. The first-order chi connectivity index (χ1) is 20.1. The number of aliphatic hydroxyl groups is 2. The standard InChI is InChI=1S/C26H26F7N3O7S/c1-23(40)13-35(22(38)39)12-20(23)34-21(37)11-17-6-2-14-10-15(24(41,25(28,29)30)26(31,32)33)3-9-19(14)36(17)44(42,43)18-7-4-16(27)5-8-18/h3-5,7-10,17,20,40-41H,2,6,11-13H2,1H3,(H,34,37)(H,38,39). The molecule has 0 aliphatic carbocycles. The van der Waals surface area contributed by atoms with Gasteiger partial charge in [-0.25, -0.2) is 17.6 Å². The maximum Gasteiger partial charge on any atom is 0.430 e. The van der Waals surface area contributed by atoms with Crippen LogP contribution >= 0.6 is 0 Å². The number of amides is 2. The van der Waals surface area contributed by atoms with Crippen LogP contribution in [0.5, 0.6) is 0 Å². The summed E-state index contributed by atoms with van der Waals surface area (Å²) in [5.41, 5.74) is -9.24. The average Bonchev–Trinajstić information content (AvgIpc) is 3.20. The Morgan fingerprint density at radius 1 is 1.05 bits per heavy atom. The SMILES string of the molecule is CC1(O)CN(C(=O)O)CC1NC(=O)CC1CCc2cc(C(O)(C(F)(F)F)C(F)(F)F)ccc2N1S(=O)(=O)c1ccc(F)cc1. The van der Waals surface area contributed by atoms with Crippen LogP contribution in [-0.2, 0) is 26.8 Å². The van der Waals surface area contributed by atoms with Gasteiger partial charge in [-0.05, 0) is 55.7 Å². The first kappa shape index (κ1) is 33.3. The van der Waals surface area contributed by atoms with Crippen LogP contribution in [0.4, 0.5) is 41.2 Å². The minimum Gasteiger partial charge on any atom is -0.465 e. The number of likely N-dealkylation sites (tertiary alicyclic amines) is 1. The molecular weight excluding hydrogens is 631 g/mol. The van der Waals surface area contributed by atoms with Gasteiger partial charge in [0.05, 0.1) is 29.2 Å². The second-order valence-electron chi connectivity index (χ2n) is 10.8. The van der Waals surface area contributed by atoms with Gasteiger partial charge in [-0.3, -0.25) is 9.10 Å². The van der Waals surface area contributed by atoms with Crippen LogP contribution in [-0.4, -0.2) is 83.8 Å². The van der Waals surface area contributed by atoms with Crippen molar-refractivity contribution in [2.24, 2.45) is 0 Å². The van der Waals surface area contributed by atoms with Crippen molar-refractivity contribution in [3.05, 3.63) is 59.4 Å². The molecule has 4 rings (SSSR count). The van der Waals surface area contributed by atoms with Crippen molar-refractivity contribution in [1.29, 1.82) is 0 Å². The summed E-state index contributed by atoms with van der Waals surface area (Å²) in [4.78, 5) is 24.7. The van der Waals surface area contributed by atoms with E-state index in [2.05, 4.69) is 5.32 Å². The summed E-state index contributed by atoms with van der Waals surface area (Å²) < 4.78 is 123. The number of carbonyl (C=O) groups excluding carboxylic acids is 1. The summed E-state index contributed by atoms with van der Waals surface area (Å²) in [6.45, 7) is 0.659. The Balaban J connectivity index is 1.74. The molecule has 0 radical (unpaired) electrons. The molecule has 0 bridgehead atoms. The van der Waals surface area contributed by atoms with Gasteiger partial charge in [-0.15, -0.1) is 0 Å². The third-order valence-corrected chi connectivity index (χ3v) is 9.58. The van der Waals surface area contributed by atoms with Crippen molar-refractivity contribution in [3.63, 3.8) is 0 Å². The molecule has 2 aliphatic heterocycles. The average molecular weight is 658 g/mol. The molecule has 18 heteroatoms. The monoisotopic (exact) mass is 657 g/mol. The fourth-order valence-corrected chi connectivity index (χ4v) is 7.09. The van der Waals surface area contributed by atoms with E-state index in [0.29, 0.717) is 16.4 Å². The number of alkyl halides is 6. The Hall–Kier alpha value is -3.64. The maximum absolute atomic E-state index is 13.8. The number of benzene rings is 2. The van der Waals surface area contributed by atoms with Crippen LogP contribution in [0, 0.1) is 5.82 Å². The van der Waals surface area contributed by atoms with Crippen LogP contribution in [0.1, 0.15) is 30.9 Å². The van der Waals surface area contributed by atoms with E-state index in [1.54, 1.807) is 0 Å². The van der Waals surface area contributed by atoms with Gasteiger partial charge in [0, 0.05) is 18.5 Å². The Bertz CT molecular complexity index is 1530. The first-order valence-electron chi connectivity index (χ1n) is 12.9. The highest BCUT2D eigenvalue weighted by Crippen LogP contribution is 2.51. The predicted octanol–water partition coefficient (Wildman–Crippen LogP) is 3.27. The number of nitrogens with one attached hydrogen (secondary N) is 1. The van der Waals surface area contributed by atoms with E-state index in [9.17, 15) is 64.1 Å². The molecule has 2 amide bonds. The molecule has 2 aromatic rings. The Kier molecular flexibility index (Phi) is 8.36. The molecular formula is C26H26F7N3O7S. The second kappa shape index (κ2) is 11.1. The Labute approximate surface area is 245 Å². The number of nitrogens with zero attached hydrogens (tertiary/aromatic N) is 2. The van der Waals surface area contributed by atoms with Crippen molar-refractivity contribution in [2.45, 2.75) is 66.7 Å². The van der Waals surface area contributed by atoms with E-state index < -0.39 is 80.4 Å². The zero-order chi connectivity index (χ0) is 33.0. The van der Waals surface area contributed by atoms with Crippen LogP contribution in [0.15, 0.2) is 47.4 Å². The van der Waals surface area contributed by atoms with Gasteiger partial charge in [0.1, 0.15) is 11.4 Å². The number of halogens is 7. The molecule has 1 fully saturated rings. The van der Waals surface area contributed by atoms with Gasteiger partial charge in [-0.2, -0.15) is 26.3 Å². The molecule has 3 unspecified atom stereocenters. The van der Waals surface area contributed by atoms with E-state index in [0.717, 1.165) is 29.2 Å². The largest absolute Gasteiger partial charge is 0.465 e. The topological polar surface area (TPSA) is 147 Å². The summed E-state index contributed by atoms with van der Waals surface area (Å²) >= 11 is 0. The lowest BCUT2D eigenvalue weighted by Gasteiger charge is -2.39. The maximum atomic E-state index is 13.8. The van der Waals surface area contributed by atoms with Crippen LogP contribution in [0.3, 0.4) is 0 Å². The third-order valence-electron chi connectivity index (χ3n) is 7.70. The molecule has 2 heterocycles. The molecule has 4 N–H and O–H groups in total. The van der Waals surface area contributed by atoms with Gasteiger partial charge in [0.2, 0.25) is 5.91 Å². The van der Waals surface area contributed by atoms with Gasteiger partial charge >= 0.3 is 18.4 Å². The number of hydrogen-bond acceptors (Lipinski definition) is 6. The number of β-amino-alcohol motifs (C(OH)–C–C–N with tert-alkyl or cyclic N) is 1. The Morgan fingerprint density at radius 2 is 1.64 bits per heavy atom. The van der Waals surface area contributed by atoms with Crippen LogP contribution in [0.2, 0.25) is 0 Å². The number of carbonyl (C=O) groups is 2. The third kappa shape index (κ3) is 5.89. The molecule has 242 valence electrons. The second-order valence-corrected chi connectivity index (χ2v) is 12.7. The van der Waals surface area contributed by atoms with Crippen molar-refractivity contribution in [2.75, 3.05) is 17.4 Å². The number of aryl methyl sites for hydroxylation is 1. The van der Waals surface area contributed by atoms with Crippen molar-refractivity contribution in [1.82, 2.24) is 10.2 Å². The highest BCUT2D eigenvalue weighted by Gasteiger charge is 2.71. The molecule has 0 saturated carbocycles. The van der Waals surface area contributed by atoms with E-state index in [4.69, 9.17) is 0 Å². The van der Waals surface area contributed by atoms with Gasteiger partial charge < -0.3 is 25.5 Å². The fraction of sp³-hybridized carbons (Fsp3) is 0.462. The van der Waals surface area contributed by atoms with Crippen molar-refractivity contribution >= 4 is 27.7 Å². The number of hydrogen-bond donors (Lipinski definition) is 4. The lowest BCUT2D eigenvalue weighted by atomic mass is 9.87. The number of fused-ring (bicyclic) bond motifs is 1. The number of sulfonamides is 1. The van der Waals surface area contributed by atoms with Gasteiger partial charge in [0.15, 0.2) is 0 Å². The lowest BCUT2D eigenvalue weighted by molar-refractivity contribution is -0.376. The van der Waals surface area contributed by atoms with Crippen LogP contribution in [0.25, 0.3) is 0 Å². The molecule has 44 heavy (non-hydrogen) atoms. The lowest BCUT2D eigenvalue weighted by Crippen LogP contribution is -2.54. The van der Waals surface area contributed by atoms with Crippen molar-refractivity contribution in [3.8, 4) is 0 Å². The first-order valence-corrected chi connectivity index (χ1v) is 14.3. The van der Waals surface area contributed by atoms with Gasteiger partial charge in [-0.1, -0.05) is 12.1 Å². The fourth-order valence-electron chi connectivity index (χ4n) is 5.37. The normalized spacial score (nSPS) is 23.0. The molecule has 1 saturated heterocycles. The van der Waals surface area contributed by atoms with E-state index >= 15 is 0 Å². The van der Waals surface area contributed by atoms with E-state index in [1.165, 1.54) is 6.92 Å². The highest BCUT2D eigenvalue weighted by molar-refractivity contribution is 7.92. The highest BCUT2D eigenvalue weighted by atomic mass is 32.2. The Morgan fingerprint density at radius 3 is 2.16 bits per heavy atom. The van der Waals surface area contributed by atoms with Crippen molar-refractivity contribution < 1.29 is 64.1 Å². The van der Waals surface area contributed by atoms with Crippen LogP contribution < -0.4 is 9.62 Å². The zero-order valence-corrected chi connectivity index (χ0v) is 23.5. The smallest absolute Gasteiger partial charge is 0.430 e. The van der Waals surface area contributed by atoms with Gasteiger partial charge in [0.25, 0.3) is 15.6 Å².